The first-order chi connectivity index (χ1) is 4.13. The molecule has 0 N–H and O–H groups in total. The van der Waals surface area contributed by atoms with Crippen LogP contribution in [0.15, 0.2) is 11.1 Å². The molecule has 1 rings (SSSR count). The lowest BCUT2D eigenvalue weighted by Gasteiger charge is -1.99. The van der Waals surface area contributed by atoms with Crippen molar-refractivity contribution in [2.24, 2.45) is 0 Å². The third kappa shape index (κ3) is 1.09. The van der Waals surface area contributed by atoms with Crippen molar-refractivity contribution in [3.05, 3.63) is 11.1 Å². The maximum absolute atomic E-state index is 2.29. The van der Waals surface area contributed by atoms with E-state index in [2.05, 4.69) is 27.7 Å². The Morgan fingerprint density at radius 2 is 1.78 bits per heavy atom. The zero-order valence-electron chi connectivity index (χ0n) is 6.52. The Hall–Kier alpha value is -0.0900. The molecule has 0 aromatic rings. The van der Waals surface area contributed by atoms with Crippen LogP contribution in [0.3, 0.4) is 0 Å². The third-order valence-corrected chi connectivity index (χ3v) is 3.65. The lowest BCUT2D eigenvalue weighted by Crippen LogP contribution is -1.91. The number of hydrogen-bond donors (Lipinski definition) is 0. The number of allylic oxidation sites excluding steroid dienone is 2. The van der Waals surface area contributed by atoms with Crippen LogP contribution in [-0.2, 0) is 0 Å². The zero-order chi connectivity index (χ0) is 7.02. The summed E-state index contributed by atoms with van der Waals surface area (Å²) in [6.07, 6.45) is 0. The topological polar surface area (TPSA) is 0 Å². The summed E-state index contributed by atoms with van der Waals surface area (Å²) in [5.74, 6) is 0. The van der Waals surface area contributed by atoms with Crippen molar-refractivity contribution in [3.63, 3.8) is 0 Å². The van der Waals surface area contributed by atoms with Crippen molar-refractivity contribution in [2.45, 2.75) is 33.4 Å². The van der Waals surface area contributed by atoms with Crippen LogP contribution >= 0.6 is 8.20 Å². The SMILES string of the molecule is CC1=PC(C)C(C)=C1C. The van der Waals surface area contributed by atoms with Gasteiger partial charge in [0.15, 0.2) is 0 Å². The monoisotopic (exact) mass is 140 g/mol. The molecule has 0 aliphatic carbocycles. The van der Waals surface area contributed by atoms with E-state index in [1.165, 1.54) is 13.8 Å². The Morgan fingerprint density at radius 1 is 1.22 bits per heavy atom. The third-order valence-electron chi connectivity index (χ3n) is 2.15. The molecule has 1 aliphatic heterocycles. The highest BCUT2D eigenvalue weighted by Gasteiger charge is 2.13. The molecule has 1 heteroatoms. The predicted octanol–water partition coefficient (Wildman–Crippen LogP) is 2.86. The Kier molecular flexibility index (Phi) is 1.77. The fourth-order valence-electron chi connectivity index (χ4n) is 1.08. The molecule has 0 saturated heterocycles. The van der Waals surface area contributed by atoms with Crippen LogP contribution in [0, 0.1) is 0 Å². The fraction of sp³-hybridized carbons (Fsp3) is 0.625. The average Bonchev–Trinajstić information content (AvgIpc) is 1.98. The van der Waals surface area contributed by atoms with Crippen molar-refractivity contribution < 1.29 is 0 Å². The molecule has 9 heavy (non-hydrogen) atoms. The van der Waals surface area contributed by atoms with E-state index in [9.17, 15) is 0 Å². The van der Waals surface area contributed by atoms with E-state index >= 15 is 0 Å². The summed E-state index contributed by atoms with van der Waals surface area (Å²) < 4.78 is 0. The van der Waals surface area contributed by atoms with Crippen LogP contribution in [0.1, 0.15) is 27.7 Å². The lowest BCUT2D eigenvalue weighted by molar-refractivity contribution is 1.11. The van der Waals surface area contributed by atoms with Crippen LogP contribution in [0.4, 0.5) is 0 Å². The molecular weight excluding hydrogens is 127 g/mol. The zero-order valence-corrected chi connectivity index (χ0v) is 7.42. The van der Waals surface area contributed by atoms with Gasteiger partial charge in [0.05, 0.1) is 0 Å². The largest absolute Gasteiger partial charge is 0.0934 e. The molecule has 50 valence electrons. The van der Waals surface area contributed by atoms with Crippen molar-refractivity contribution in [1.29, 1.82) is 0 Å². The fourth-order valence-corrected chi connectivity index (χ4v) is 2.42. The molecule has 0 aromatic heterocycles. The standard InChI is InChI=1S/C8H13P/c1-5-6(2)8(4)9-7(5)3/h7H,1-4H3. The van der Waals surface area contributed by atoms with Crippen molar-refractivity contribution in [3.8, 4) is 0 Å². The highest BCUT2D eigenvalue weighted by Crippen LogP contribution is 2.30. The highest BCUT2D eigenvalue weighted by molar-refractivity contribution is 7.43. The van der Waals surface area contributed by atoms with E-state index in [-0.39, 0.29) is 0 Å². The van der Waals surface area contributed by atoms with E-state index in [0.29, 0.717) is 0 Å². The minimum atomic E-state index is 0.782. The number of rotatable bonds is 0. The Bertz CT molecular complexity index is 187. The van der Waals surface area contributed by atoms with Crippen LogP contribution in [0.5, 0.6) is 0 Å². The van der Waals surface area contributed by atoms with Crippen molar-refractivity contribution in [2.75, 3.05) is 0 Å². The van der Waals surface area contributed by atoms with Crippen LogP contribution < -0.4 is 0 Å². The van der Waals surface area contributed by atoms with Crippen LogP contribution in [0.25, 0.3) is 0 Å². The molecule has 1 unspecified atom stereocenters. The van der Waals surface area contributed by atoms with Gasteiger partial charge in [-0.2, -0.15) is 0 Å². The molecule has 0 spiro atoms. The number of hydrogen-bond acceptors (Lipinski definition) is 0. The van der Waals surface area contributed by atoms with Gasteiger partial charge in [0.25, 0.3) is 0 Å². The van der Waals surface area contributed by atoms with E-state index in [1.54, 1.807) is 10.9 Å². The van der Waals surface area contributed by atoms with Gasteiger partial charge in [-0.1, -0.05) is 20.7 Å². The maximum Gasteiger partial charge on any atom is 0.0195 e. The molecule has 0 fully saturated rings. The predicted molar refractivity (Wildman–Crippen MR) is 45.4 cm³/mol. The normalized spacial score (nSPS) is 28.9. The smallest absolute Gasteiger partial charge is 0.0195 e. The first kappa shape index (κ1) is 7.02. The first-order valence-corrected chi connectivity index (χ1v) is 4.31. The summed E-state index contributed by atoms with van der Waals surface area (Å²) >= 11 is 0. The van der Waals surface area contributed by atoms with E-state index in [1.807, 2.05) is 0 Å². The summed E-state index contributed by atoms with van der Waals surface area (Å²) in [6, 6.07) is 0. The van der Waals surface area contributed by atoms with E-state index in [0.717, 1.165) is 5.66 Å². The molecule has 0 bridgehead atoms. The lowest BCUT2D eigenvalue weighted by atomic mass is 10.1. The molecule has 0 aromatic carbocycles. The molecule has 1 atom stereocenters. The van der Waals surface area contributed by atoms with Crippen molar-refractivity contribution >= 4 is 13.5 Å². The van der Waals surface area contributed by atoms with Gasteiger partial charge in [0, 0.05) is 5.66 Å². The van der Waals surface area contributed by atoms with Gasteiger partial charge in [-0.3, -0.25) is 0 Å². The van der Waals surface area contributed by atoms with Gasteiger partial charge in [-0.25, -0.2) is 0 Å². The highest BCUT2D eigenvalue weighted by atomic mass is 31.1. The van der Waals surface area contributed by atoms with Gasteiger partial charge in [0.1, 0.15) is 0 Å². The molecule has 0 nitrogen and oxygen atoms in total. The van der Waals surface area contributed by atoms with Gasteiger partial charge < -0.3 is 0 Å². The first-order valence-electron chi connectivity index (χ1n) is 3.35. The minimum absolute atomic E-state index is 0.782. The van der Waals surface area contributed by atoms with E-state index in [4.69, 9.17) is 0 Å². The maximum atomic E-state index is 2.29. The van der Waals surface area contributed by atoms with Gasteiger partial charge in [-0.15, -0.1) is 0 Å². The second-order valence-electron chi connectivity index (χ2n) is 2.70. The average molecular weight is 140 g/mol. The molecule has 1 heterocycles. The van der Waals surface area contributed by atoms with Crippen LogP contribution in [0.2, 0.25) is 0 Å². The summed E-state index contributed by atoms with van der Waals surface area (Å²) in [4.78, 5) is 0. The minimum Gasteiger partial charge on any atom is -0.0934 e. The second kappa shape index (κ2) is 2.27. The van der Waals surface area contributed by atoms with Gasteiger partial charge in [0.2, 0.25) is 0 Å². The summed E-state index contributed by atoms with van der Waals surface area (Å²) in [5, 5.41) is 1.56. The summed E-state index contributed by atoms with van der Waals surface area (Å²) in [6.45, 7) is 8.98. The Labute approximate surface area is 58.8 Å². The van der Waals surface area contributed by atoms with Crippen LogP contribution in [-0.4, -0.2) is 11.0 Å². The summed E-state index contributed by atoms with van der Waals surface area (Å²) in [7, 11) is 1.52. The van der Waals surface area contributed by atoms with Gasteiger partial charge >= 0.3 is 0 Å². The molecular formula is C8H13P. The molecule has 0 amide bonds. The summed E-state index contributed by atoms with van der Waals surface area (Å²) in [5.41, 5.74) is 3.89. The second-order valence-corrected chi connectivity index (χ2v) is 4.40. The molecule has 0 radical (unpaired) electrons. The molecule has 1 aliphatic rings. The quantitative estimate of drug-likeness (QED) is 0.454. The van der Waals surface area contributed by atoms with E-state index < -0.39 is 0 Å². The molecule has 0 saturated carbocycles. The van der Waals surface area contributed by atoms with Crippen molar-refractivity contribution in [1.82, 2.24) is 0 Å². The Morgan fingerprint density at radius 3 is 1.89 bits per heavy atom. The van der Waals surface area contributed by atoms with Gasteiger partial charge in [-0.05, 0) is 31.6 Å². The Balaban J connectivity index is 2.97.